The van der Waals surface area contributed by atoms with Crippen molar-refractivity contribution in [2.24, 2.45) is 0 Å². The quantitative estimate of drug-likeness (QED) is 0.795. The Kier molecular flexibility index (Phi) is 5.79. The van der Waals surface area contributed by atoms with Crippen molar-refractivity contribution in [2.45, 2.75) is 32.5 Å². The van der Waals surface area contributed by atoms with E-state index in [1.54, 1.807) is 29.1 Å². The molecule has 0 radical (unpaired) electrons. The smallest absolute Gasteiger partial charge is 0.152 e. The van der Waals surface area contributed by atoms with Gasteiger partial charge in [0, 0.05) is 24.3 Å². The van der Waals surface area contributed by atoms with Crippen LogP contribution in [0.3, 0.4) is 0 Å². The summed E-state index contributed by atoms with van der Waals surface area (Å²) < 4.78 is 7.36. The molecule has 1 fully saturated rings. The van der Waals surface area contributed by atoms with Crippen LogP contribution >= 0.6 is 23.2 Å². The molecule has 0 aliphatic carbocycles. The van der Waals surface area contributed by atoms with E-state index in [4.69, 9.17) is 27.9 Å². The highest BCUT2D eigenvalue weighted by Gasteiger charge is 2.23. The summed E-state index contributed by atoms with van der Waals surface area (Å²) in [5.41, 5.74) is 1.46. The molecule has 1 aliphatic rings. The van der Waals surface area contributed by atoms with Crippen molar-refractivity contribution < 1.29 is 9.53 Å². The van der Waals surface area contributed by atoms with Crippen LogP contribution in [-0.2, 0) is 16.0 Å². The molecule has 0 bridgehead atoms. The van der Waals surface area contributed by atoms with Crippen LogP contribution in [0.1, 0.15) is 19.5 Å². The summed E-state index contributed by atoms with van der Waals surface area (Å²) in [6.45, 7) is 6.05. The number of aromatic nitrogens is 2. The Balaban J connectivity index is 1.62. The molecule has 2 aromatic rings. The normalized spacial score (nSPS) is 21.4. The molecular formula is C18H21Cl2N3O2. The molecule has 25 heavy (non-hydrogen) atoms. The number of ether oxygens (including phenoxy) is 1. The average molecular weight is 382 g/mol. The van der Waals surface area contributed by atoms with Crippen molar-refractivity contribution in [2.75, 3.05) is 19.6 Å². The predicted octanol–water partition coefficient (Wildman–Crippen LogP) is 3.40. The highest BCUT2D eigenvalue weighted by molar-refractivity contribution is 6.35. The monoisotopic (exact) mass is 381 g/mol. The number of benzene rings is 1. The van der Waals surface area contributed by atoms with Gasteiger partial charge < -0.3 is 4.74 Å². The summed E-state index contributed by atoms with van der Waals surface area (Å²) in [6.07, 6.45) is 2.42. The first-order valence-corrected chi connectivity index (χ1v) is 9.06. The molecule has 2 heterocycles. The molecule has 0 N–H and O–H groups in total. The molecular weight excluding hydrogens is 361 g/mol. The SMILES string of the molecule is CC1CN(CC(=O)Cc2ccn(-c3ccc(Cl)cc3Cl)n2)CC(C)O1. The maximum absolute atomic E-state index is 12.4. The van der Waals surface area contributed by atoms with Crippen LogP contribution in [0.15, 0.2) is 30.5 Å². The fourth-order valence-corrected chi connectivity index (χ4v) is 3.67. The van der Waals surface area contributed by atoms with E-state index in [-0.39, 0.29) is 18.0 Å². The zero-order valence-corrected chi connectivity index (χ0v) is 15.8. The van der Waals surface area contributed by atoms with Gasteiger partial charge in [-0.3, -0.25) is 9.69 Å². The molecule has 1 saturated heterocycles. The number of rotatable bonds is 5. The molecule has 7 heteroatoms. The first-order valence-electron chi connectivity index (χ1n) is 8.30. The number of Topliss-reactive ketones (excluding diaryl/α,β-unsaturated/α-hetero) is 1. The van der Waals surface area contributed by atoms with Gasteiger partial charge in [0.15, 0.2) is 5.78 Å². The van der Waals surface area contributed by atoms with Crippen molar-refractivity contribution in [3.8, 4) is 5.69 Å². The van der Waals surface area contributed by atoms with Crippen LogP contribution in [0.2, 0.25) is 10.0 Å². The molecule has 0 saturated carbocycles. The van der Waals surface area contributed by atoms with E-state index < -0.39 is 0 Å². The minimum absolute atomic E-state index is 0.147. The van der Waals surface area contributed by atoms with Gasteiger partial charge in [-0.1, -0.05) is 23.2 Å². The Labute approximate surface area is 157 Å². The second kappa shape index (κ2) is 7.87. The average Bonchev–Trinajstić information content (AvgIpc) is 2.93. The molecule has 0 amide bonds. The zero-order chi connectivity index (χ0) is 18.0. The van der Waals surface area contributed by atoms with Crippen LogP contribution in [0, 0.1) is 0 Å². The van der Waals surface area contributed by atoms with Crippen LogP contribution in [-0.4, -0.2) is 52.3 Å². The Morgan fingerprint density at radius 1 is 1.24 bits per heavy atom. The topological polar surface area (TPSA) is 47.4 Å². The van der Waals surface area contributed by atoms with Gasteiger partial charge in [0.2, 0.25) is 0 Å². The molecule has 5 nitrogen and oxygen atoms in total. The van der Waals surface area contributed by atoms with Crippen molar-refractivity contribution in [1.82, 2.24) is 14.7 Å². The molecule has 1 aromatic heterocycles. The number of hydrogen-bond acceptors (Lipinski definition) is 4. The van der Waals surface area contributed by atoms with Crippen molar-refractivity contribution in [3.05, 3.63) is 46.2 Å². The third kappa shape index (κ3) is 4.82. The van der Waals surface area contributed by atoms with Crippen molar-refractivity contribution >= 4 is 29.0 Å². The lowest BCUT2D eigenvalue weighted by atomic mass is 10.1. The van der Waals surface area contributed by atoms with E-state index in [9.17, 15) is 4.79 Å². The van der Waals surface area contributed by atoms with Crippen molar-refractivity contribution in [3.63, 3.8) is 0 Å². The Morgan fingerprint density at radius 3 is 2.64 bits per heavy atom. The summed E-state index contributed by atoms with van der Waals surface area (Å²) in [4.78, 5) is 14.5. The summed E-state index contributed by atoms with van der Waals surface area (Å²) in [5, 5.41) is 5.55. The number of morpholine rings is 1. The van der Waals surface area contributed by atoms with Gasteiger partial charge in [-0.05, 0) is 38.1 Å². The fraction of sp³-hybridized carbons (Fsp3) is 0.444. The van der Waals surface area contributed by atoms with Gasteiger partial charge in [0.25, 0.3) is 0 Å². The summed E-state index contributed by atoms with van der Waals surface area (Å²) in [7, 11) is 0. The van der Waals surface area contributed by atoms with E-state index in [0.29, 0.717) is 23.0 Å². The number of carbonyl (C=O) groups is 1. The minimum Gasteiger partial charge on any atom is -0.373 e. The third-order valence-corrected chi connectivity index (χ3v) is 4.61. The van der Waals surface area contributed by atoms with Crippen molar-refractivity contribution in [1.29, 1.82) is 0 Å². The van der Waals surface area contributed by atoms with E-state index in [2.05, 4.69) is 10.00 Å². The van der Waals surface area contributed by atoms with Crippen LogP contribution in [0.5, 0.6) is 0 Å². The maximum Gasteiger partial charge on any atom is 0.152 e. The van der Waals surface area contributed by atoms with E-state index >= 15 is 0 Å². The number of halogens is 2. The minimum atomic E-state index is 0.147. The fourth-order valence-electron chi connectivity index (χ4n) is 3.18. The van der Waals surface area contributed by atoms with Gasteiger partial charge in [0.1, 0.15) is 0 Å². The molecule has 1 aliphatic heterocycles. The number of carbonyl (C=O) groups excluding carboxylic acids is 1. The Bertz CT molecular complexity index is 753. The van der Waals surface area contributed by atoms with E-state index in [1.807, 2.05) is 19.9 Å². The molecule has 2 atom stereocenters. The van der Waals surface area contributed by atoms with E-state index in [1.165, 1.54) is 0 Å². The molecule has 134 valence electrons. The maximum atomic E-state index is 12.4. The largest absolute Gasteiger partial charge is 0.373 e. The Morgan fingerprint density at radius 2 is 1.96 bits per heavy atom. The van der Waals surface area contributed by atoms with Gasteiger partial charge in [0.05, 0.1) is 41.6 Å². The second-order valence-electron chi connectivity index (χ2n) is 6.51. The molecule has 2 unspecified atom stereocenters. The molecule has 0 spiro atoms. The first-order chi connectivity index (χ1) is 11.9. The van der Waals surface area contributed by atoms with Crippen LogP contribution < -0.4 is 0 Å². The highest BCUT2D eigenvalue weighted by Crippen LogP contribution is 2.24. The first kappa shape index (κ1) is 18.4. The van der Waals surface area contributed by atoms with Gasteiger partial charge in [-0.15, -0.1) is 0 Å². The van der Waals surface area contributed by atoms with Gasteiger partial charge in [-0.2, -0.15) is 5.10 Å². The summed E-state index contributed by atoms with van der Waals surface area (Å²) in [6, 6.07) is 7.08. The predicted molar refractivity (Wildman–Crippen MR) is 98.7 cm³/mol. The summed E-state index contributed by atoms with van der Waals surface area (Å²) in [5.74, 6) is 0.147. The number of hydrogen-bond donors (Lipinski definition) is 0. The van der Waals surface area contributed by atoms with Crippen LogP contribution in [0.4, 0.5) is 0 Å². The highest BCUT2D eigenvalue weighted by atomic mass is 35.5. The number of nitrogens with zero attached hydrogens (tertiary/aromatic N) is 3. The van der Waals surface area contributed by atoms with Gasteiger partial charge >= 0.3 is 0 Å². The lowest BCUT2D eigenvalue weighted by molar-refractivity contribution is -0.123. The van der Waals surface area contributed by atoms with E-state index in [0.717, 1.165) is 24.5 Å². The number of ketones is 1. The lowest BCUT2D eigenvalue weighted by Gasteiger charge is -2.34. The van der Waals surface area contributed by atoms with Crippen LogP contribution in [0.25, 0.3) is 5.69 Å². The Hall–Kier alpha value is -1.40. The van der Waals surface area contributed by atoms with Gasteiger partial charge in [-0.25, -0.2) is 4.68 Å². The standard InChI is InChI=1S/C18H21Cl2N3O2/c1-12-9-22(10-13(2)25-12)11-16(24)8-15-5-6-23(21-15)18-4-3-14(19)7-17(18)20/h3-7,12-13H,8-11H2,1-2H3. The molecule has 1 aromatic carbocycles. The lowest BCUT2D eigenvalue weighted by Crippen LogP contribution is -2.47. The second-order valence-corrected chi connectivity index (χ2v) is 7.36. The summed E-state index contributed by atoms with van der Waals surface area (Å²) >= 11 is 12.1. The molecule has 3 rings (SSSR count). The zero-order valence-electron chi connectivity index (χ0n) is 14.3. The third-order valence-electron chi connectivity index (χ3n) is 4.07.